The van der Waals surface area contributed by atoms with E-state index < -0.39 is 32.5 Å². The maximum atomic E-state index is 12.6. The molecule has 0 radical (unpaired) electrons. The van der Waals surface area contributed by atoms with Crippen LogP contribution in [0.2, 0.25) is 0 Å². The normalized spacial score (nSPS) is 13.9. The minimum Gasteiger partial charge on any atom is -0.756 e. The molecule has 0 N–H and O–H groups in total. The van der Waals surface area contributed by atoms with E-state index in [0.29, 0.717) is 17.4 Å². The van der Waals surface area contributed by atoms with Gasteiger partial charge in [-0.3, -0.25) is 14.2 Å². The molecule has 0 heterocycles. The zero-order valence-electron chi connectivity index (χ0n) is 34.3. The molecule has 0 aliphatic rings. The first-order chi connectivity index (χ1) is 25.0. The Balaban J connectivity index is 4.39. The van der Waals surface area contributed by atoms with E-state index in [2.05, 4.69) is 38.2 Å². The minimum absolute atomic E-state index is 0.0314. The lowest BCUT2D eigenvalue weighted by Gasteiger charge is -2.28. The monoisotopic (exact) mass is 758 g/mol. The van der Waals surface area contributed by atoms with E-state index >= 15 is 0 Å². The molecule has 0 saturated carbocycles. The van der Waals surface area contributed by atoms with Crippen LogP contribution in [0.25, 0.3) is 0 Å². The van der Waals surface area contributed by atoms with Gasteiger partial charge in [-0.1, -0.05) is 134 Å². The van der Waals surface area contributed by atoms with Crippen LogP contribution in [0.3, 0.4) is 0 Å². The number of ether oxygens (including phenoxy) is 2. The maximum Gasteiger partial charge on any atom is 0.306 e. The van der Waals surface area contributed by atoms with Crippen molar-refractivity contribution < 1.29 is 42.1 Å². The molecular weight excluding hydrogens is 677 g/mol. The van der Waals surface area contributed by atoms with Crippen molar-refractivity contribution in [2.45, 2.75) is 187 Å². The molecule has 0 aromatic carbocycles. The predicted molar refractivity (Wildman–Crippen MR) is 213 cm³/mol. The Morgan fingerprint density at radius 3 is 1.48 bits per heavy atom. The highest BCUT2D eigenvalue weighted by Gasteiger charge is 2.21. The van der Waals surface area contributed by atoms with Gasteiger partial charge in [0.15, 0.2) is 6.10 Å². The summed E-state index contributed by atoms with van der Waals surface area (Å²) in [5.74, 6) is -0.845. The lowest BCUT2D eigenvalue weighted by Crippen LogP contribution is -2.37. The average molecular weight is 758 g/mol. The van der Waals surface area contributed by atoms with Crippen molar-refractivity contribution >= 4 is 19.8 Å². The van der Waals surface area contributed by atoms with Crippen molar-refractivity contribution in [2.24, 2.45) is 0 Å². The second-order valence-electron chi connectivity index (χ2n) is 15.3. The summed E-state index contributed by atoms with van der Waals surface area (Å²) < 4.78 is 33.8. The largest absolute Gasteiger partial charge is 0.756 e. The number of nitrogens with zero attached hydrogens (tertiary/aromatic N) is 1. The molecule has 0 aromatic rings. The van der Waals surface area contributed by atoms with Gasteiger partial charge in [-0.2, -0.15) is 0 Å². The molecule has 1 unspecified atom stereocenters. The quantitative estimate of drug-likeness (QED) is 0.0201. The first kappa shape index (κ1) is 50.5. The number of phosphoric acid groups is 1. The number of carbonyl (C=O) groups is 2. The Kier molecular flexibility index (Phi) is 34.2. The smallest absolute Gasteiger partial charge is 0.306 e. The molecule has 0 bridgehead atoms. The summed E-state index contributed by atoms with van der Waals surface area (Å²) in [6, 6.07) is 0. The summed E-state index contributed by atoms with van der Waals surface area (Å²) in [6.45, 7) is 4.17. The standard InChI is InChI=1S/C42H80NO8P/c1-6-8-10-12-14-16-18-20-21-23-25-27-29-31-33-35-42(45)51-40(39-50-52(46,47)49-37-36-43(3,4)5)38-48-41(44)34-32-30-28-26-24-22-19-17-15-13-11-9-7-2/h12,14,17,19,40H,6-11,13,15-16,18,20-39H2,1-5H3/b14-12+,19-17+/t40-/m1/s1. The van der Waals surface area contributed by atoms with Gasteiger partial charge in [0.05, 0.1) is 27.7 Å². The van der Waals surface area contributed by atoms with Gasteiger partial charge >= 0.3 is 11.9 Å². The summed E-state index contributed by atoms with van der Waals surface area (Å²) >= 11 is 0. The van der Waals surface area contributed by atoms with Crippen LogP contribution < -0.4 is 4.89 Å². The van der Waals surface area contributed by atoms with E-state index in [1.165, 1.54) is 89.9 Å². The van der Waals surface area contributed by atoms with E-state index in [1.54, 1.807) is 0 Å². The predicted octanol–water partition coefficient (Wildman–Crippen LogP) is 10.9. The van der Waals surface area contributed by atoms with Crippen LogP contribution in [0, 0.1) is 0 Å². The number of allylic oxidation sites excluding steroid dienone is 4. The molecular formula is C42H80NO8P. The highest BCUT2D eigenvalue weighted by Crippen LogP contribution is 2.38. The maximum absolute atomic E-state index is 12.6. The van der Waals surface area contributed by atoms with Crippen molar-refractivity contribution in [2.75, 3.05) is 47.5 Å². The molecule has 0 amide bonds. The Morgan fingerprint density at radius 2 is 1.00 bits per heavy atom. The Bertz CT molecular complexity index is 949. The molecule has 52 heavy (non-hydrogen) atoms. The van der Waals surface area contributed by atoms with Crippen LogP contribution in [0.4, 0.5) is 0 Å². The van der Waals surface area contributed by atoms with E-state index in [1.807, 2.05) is 21.1 Å². The summed E-state index contributed by atoms with van der Waals surface area (Å²) in [5, 5.41) is 0. The molecule has 0 rings (SSSR count). The molecule has 0 fully saturated rings. The van der Waals surface area contributed by atoms with Gasteiger partial charge in [0, 0.05) is 12.8 Å². The second kappa shape index (κ2) is 35.2. The molecule has 2 atom stereocenters. The van der Waals surface area contributed by atoms with Crippen LogP contribution in [0.1, 0.15) is 181 Å². The fourth-order valence-corrected chi connectivity index (χ4v) is 6.30. The van der Waals surface area contributed by atoms with Crippen molar-refractivity contribution in [1.82, 2.24) is 0 Å². The molecule has 10 heteroatoms. The molecule has 9 nitrogen and oxygen atoms in total. The van der Waals surface area contributed by atoms with Crippen LogP contribution in [-0.4, -0.2) is 70.0 Å². The van der Waals surface area contributed by atoms with Gasteiger partial charge in [0.25, 0.3) is 7.82 Å². The average Bonchev–Trinajstić information content (AvgIpc) is 3.09. The van der Waals surface area contributed by atoms with Crippen molar-refractivity contribution in [3.8, 4) is 0 Å². The SMILES string of the molecule is CCCC/C=C/CCCCCCCCCCCC(=O)O[C@H](COC(=O)CCCCCCC/C=C/CCCCCC)COP(=O)([O-])OCC[N+](C)(C)C. The molecule has 0 aliphatic heterocycles. The van der Waals surface area contributed by atoms with Gasteiger partial charge in [-0.15, -0.1) is 0 Å². The Labute approximate surface area is 319 Å². The van der Waals surface area contributed by atoms with Gasteiger partial charge in [-0.25, -0.2) is 0 Å². The number of carbonyl (C=O) groups excluding carboxylic acids is 2. The summed E-state index contributed by atoms with van der Waals surface area (Å²) in [6.07, 6.45) is 36.2. The Hall–Kier alpha value is -1.51. The minimum atomic E-state index is -4.62. The van der Waals surface area contributed by atoms with Gasteiger partial charge in [0.2, 0.25) is 0 Å². The van der Waals surface area contributed by atoms with Crippen LogP contribution in [0.5, 0.6) is 0 Å². The number of quaternary nitrogens is 1. The number of esters is 2. The third-order valence-electron chi connectivity index (χ3n) is 8.94. The summed E-state index contributed by atoms with van der Waals surface area (Å²) in [7, 11) is 1.16. The lowest BCUT2D eigenvalue weighted by atomic mass is 10.1. The van der Waals surface area contributed by atoms with Gasteiger partial charge in [-0.05, 0) is 57.8 Å². The lowest BCUT2D eigenvalue weighted by molar-refractivity contribution is -0.870. The van der Waals surface area contributed by atoms with Crippen molar-refractivity contribution in [1.29, 1.82) is 0 Å². The van der Waals surface area contributed by atoms with Gasteiger partial charge in [0.1, 0.15) is 19.8 Å². The topological polar surface area (TPSA) is 111 Å². The number of hydrogen-bond acceptors (Lipinski definition) is 8. The third kappa shape index (κ3) is 38.2. The fraction of sp³-hybridized carbons (Fsp3) is 0.857. The van der Waals surface area contributed by atoms with Crippen LogP contribution >= 0.6 is 7.82 Å². The second-order valence-corrected chi connectivity index (χ2v) is 16.8. The number of likely N-dealkylation sites (N-methyl/N-ethyl adjacent to an activating group) is 1. The van der Waals surface area contributed by atoms with E-state index in [0.717, 1.165) is 57.8 Å². The number of hydrogen-bond donors (Lipinski definition) is 0. The van der Waals surface area contributed by atoms with Crippen LogP contribution in [-0.2, 0) is 32.7 Å². The third-order valence-corrected chi connectivity index (χ3v) is 9.91. The van der Waals surface area contributed by atoms with Gasteiger partial charge < -0.3 is 27.9 Å². The summed E-state index contributed by atoms with van der Waals surface area (Å²) in [5.41, 5.74) is 0. The van der Waals surface area contributed by atoms with E-state index in [4.69, 9.17) is 18.5 Å². The number of rotatable bonds is 38. The van der Waals surface area contributed by atoms with E-state index in [9.17, 15) is 19.0 Å². The molecule has 0 aromatic heterocycles. The van der Waals surface area contributed by atoms with Crippen LogP contribution in [0.15, 0.2) is 24.3 Å². The number of phosphoric ester groups is 1. The zero-order chi connectivity index (χ0) is 38.6. The molecule has 0 aliphatic carbocycles. The Morgan fingerprint density at radius 1 is 0.577 bits per heavy atom. The van der Waals surface area contributed by atoms with E-state index in [-0.39, 0.29) is 26.1 Å². The fourth-order valence-electron chi connectivity index (χ4n) is 5.57. The van der Waals surface area contributed by atoms with Crippen molar-refractivity contribution in [3.63, 3.8) is 0 Å². The molecule has 306 valence electrons. The molecule has 0 spiro atoms. The zero-order valence-corrected chi connectivity index (χ0v) is 35.2. The highest BCUT2D eigenvalue weighted by atomic mass is 31.2. The number of unbranched alkanes of at least 4 members (excludes halogenated alkanes) is 20. The first-order valence-electron chi connectivity index (χ1n) is 21.0. The first-order valence-corrected chi connectivity index (χ1v) is 22.5. The highest BCUT2D eigenvalue weighted by molar-refractivity contribution is 7.45. The summed E-state index contributed by atoms with van der Waals surface area (Å²) in [4.78, 5) is 37.4. The molecule has 0 saturated heterocycles. The van der Waals surface area contributed by atoms with Crippen molar-refractivity contribution in [3.05, 3.63) is 24.3 Å².